The molecule has 1 aromatic carbocycles. The Balaban J connectivity index is 2.30. The first-order valence-electron chi connectivity index (χ1n) is 7.30. The first-order valence-corrected chi connectivity index (χ1v) is 9.91. The van der Waals surface area contributed by atoms with E-state index < -0.39 is 9.84 Å². The molecule has 2 rings (SSSR count). The van der Waals surface area contributed by atoms with Crippen molar-refractivity contribution in [2.45, 2.75) is 32.4 Å². The topological polar surface area (TPSA) is 49.4 Å². The molecule has 0 radical (unpaired) electrons. The zero-order chi connectivity index (χ0) is 15.6. The average molecular weight is 375 g/mol. The van der Waals surface area contributed by atoms with Gasteiger partial charge in [0.05, 0.1) is 11.5 Å². The molecule has 4 nitrogen and oxygen atoms in total. The zero-order valence-electron chi connectivity index (χ0n) is 12.8. The van der Waals surface area contributed by atoms with Crippen molar-refractivity contribution in [2.75, 3.05) is 30.0 Å². The maximum absolute atomic E-state index is 11.7. The zero-order valence-corrected chi connectivity index (χ0v) is 15.2. The Kier molecular flexibility index (Phi) is 5.33. The lowest BCUT2D eigenvalue weighted by molar-refractivity contribution is 0.591. The second kappa shape index (κ2) is 6.67. The van der Waals surface area contributed by atoms with E-state index in [1.54, 1.807) is 0 Å². The van der Waals surface area contributed by atoms with Crippen LogP contribution in [-0.4, -0.2) is 39.6 Å². The highest BCUT2D eigenvalue weighted by Gasteiger charge is 2.31. The second-order valence-electron chi connectivity index (χ2n) is 5.65. The van der Waals surface area contributed by atoms with Gasteiger partial charge in [0, 0.05) is 29.3 Å². The first kappa shape index (κ1) is 16.8. The Morgan fingerprint density at radius 1 is 1.48 bits per heavy atom. The van der Waals surface area contributed by atoms with Crippen molar-refractivity contribution in [3.05, 3.63) is 28.2 Å². The quantitative estimate of drug-likeness (QED) is 0.860. The van der Waals surface area contributed by atoms with Gasteiger partial charge in [-0.2, -0.15) is 0 Å². The molecule has 1 heterocycles. The average Bonchev–Trinajstić information content (AvgIpc) is 2.78. The van der Waals surface area contributed by atoms with Gasteiger partial charge in [-0.05, 0) is 43.7 Å². The first-order chi connectivity index (χ1) is 9.84. The molecule has 0 aliphatic carbocycles. The van der Waals surface area contributed by atoms with Crippen LogP contribution >= 0.6 is 15.9 Å². The van der Waals surface area contributed by atoms with E-state index in [-0.39, 0.29) is 17.8 Å². The van der Waals surface area contributed by atoms with Gasteiger partial charge in [-0.25, -0.2) is 8.42 Å². The third kappa shape index (κ3) is 3.99. The molecule has 0 bridgehead atoms. The Labute approximate surface area is 136 Å². The van der Waals surface area contributed by atoms with Gasteiger partial charge >= 0.3 is 0 Å². The minimum absolute atomic E-state index is 0.0729. The molecular formula is C15H23BrN2O2S. The van der Waals surface area contributed by atoms with Crippen LogP contribution in [0.25, 0.3) is 0 Å². The highest BCUT2D eigenvalue weighted by molar-refractivity contribution is 9.10. The fourth-order valence-corrected chi connectivity index (χ4v) is 5.04. The summed E-state index contributed by atoms with van der Waals surface area (Å²) in [4.78, 5) is 2.13. The monoisotopic (exact) mass is 374 g/mol. The molecule has 1 aromatic rings. The van der Waals surface area contributed by atoms with Gasteiger partial charge in [0.25, 0.3) is 0 Å². The largest absolute Gasteiger partial charge is 0.370 e. The van der Waals surface area contributed by atoms with E-state index in [0.29, 0.717) is 12.2 Å². The smallest absolute Gasteiger partial charge is 0.152 e. The minimum Gasteiger partial charge on any atom is -0.370 e. The van der Waals surface area contributed by atoms with Crippen LogP contribution in [0.2, 0.25) is 0 Å². The molecule has 1 aliphatic rings. The number of nitrogens with zero attached hydrogens (tertiary/aromatic N) is 1. The molecule has 0 aromatic heterocycles. The number of nitrogens with one attached hydrogen (secondary N) is 1. The molecule has 0 saturated carbocycles. The van der Waals surface area contributed by atoms with Crippen molar-refractivity contribution in [3.63, 3.8) is 0 Å². The summed E-state index contributed by atoms with van der Waals surface area (Å²) >= 11 is 3.52. The number of benzene rings is 1. The predicted octanol–water partition coefficient (Wildman–Crippen LogP) is 2.74. The summed E-state index contributed by atoms with van der Waals surface area (Å²) in [6.07, 6.45) is 0.712. The van der Waals surface area contributed by atoms with E-state index in [4.69, 9.17) is 0 Å². The fourth-order valence-electron chi connectivity index (χ4n) is 2.89. The number of hydrogen-bond donors (Lipinski definition) is 1. The summed E-state index contributed by atoms with van der Waals surface area (Å²) in [5, 5.41) is 3.43. The van der Waals surface area contributed by atoms with E-state index in [0.717, 1.165) is 16.7 Å². The molecule has 1 aliphatic heterocycles. The molecule has 1 fully saturated rings. The van der Waals surface area contributed by atoms with E-state index in [9.17, 15) is 8.42 Å². The van der Waals surface area contributed by atoms with Crippen LogP contribution in [0, 0.1) is 0 Å². The SMILES string of the molecule is CCNC(C)c1cc(Br)ccc1N(C)C1CCS(=O)(=O)C1. The third-order valence-corrected chi connectivity index (χ3v) is 6.35. The molecule has 118 valence electrons. The summed E-state index contributed by atoms with van der Waals surface area (Å²) in [6, 6.07) is 6.49. The lowest BCUT2D eigenvalue weighted by atomic mass is 10.0. The lowest BCUT2D eigenvalue weighted by Gasteiger charge is -2.30. The highest BCUT2D eigenvalue weighted by Crippen LogP contribution is 2.32. The van der Waals surface area contributed by atoms with Crippen LogP contribution < -0.4 is 10.2 Å². The Bertz CT molecular complexity index is 604. The number of anilines is 1. The van der Waals surface area contributed by atoms with Crippen LogP contribution in [-0.2, 0) is 9.84 Å². The van der Waals surface area contributed by atoms with Crippen molar-refractivity contribution < 1.29 is 8.42 Å². The summed E-state index contributed by atoms with van der Waals surface area (Å²) in [6.45, 7) is 5.12. The fraction of sp³-hybridized carbons (Fsp3) is 0.600. The molecule has 2 atom stereocenters. The Morgan fingerprint density at radius 3 is 2.76 bits per heavy atom. The molecule has 2 unspecified atom stereocenters. The Morgan fingerprint density at radius 2 is 2.19 bits per heavy atom. The molecule has 1 saturated heterocycles. The van der Waals surface area contributed by atoms with Crippen molar-refractivity contribution in [1.82, 2.24) is 5.32 Å². The summed E-state index contributed by atoms with van der Waals surface area (Å²) < 4.78 is 24.5. The normalized spacial score (nSPS) is 22.2. The molecule has 0 spiro atoms. The number of halogens is 1. The molecule has 21 heavy (non-hydrogen) atoms. The summed E-state index contributed by atoms with van der Waals surface area (Å²) in [7, 11) is -0.870. The van der Waals surface area contributed by atoms with E-state index in [1.165, 1.54) is 5.56 Å². The van der Waals surface area contributed by atoms with Crippen LogP contribution in [0.1, 0.15) is 31.9 Å². The molecule has 6 heteroatoms. The van der Waals surface area contributed by atoms with Crippen molar-refractivity contribution in [2.24, 2.45) is 0 Å². The Hall–Kier alpha value is -0.590. The molecular weight excluding hydrogens is 352 g/mol. The summed E-state index contributed by atoms with van der Waals surface area (Å²) in [5.74, 6) is 0.561. The minimum atomic E-state index is -2.87. The van der Waals surface area contributed by atoms with Gasteiger partial charge in [0.15, 0.2) is 9.84 Å². The maximum atomic E-state index is 11.7. The maximum Gasteiger partial charge on any atom is 0.152 e. The number of sulfone groups is 1. The van der Waals surface area contributed by atoms with Crippen molar-refractivity contribution in [1.29, 1.82) is 0 Å². The van der Waals surface area contributed by atoms with Crippen molar-refractivity contribution in [3.8, 4) is 0 Å². The van der Waals surface area contributed by atoms with Crippen molar-refractivity contribution >= 4 is 31.5 Å². The van der Waals surface area contributed by atoms with Gasteiger partial charge in [-0.15, -0.1) is 0 Å². The van der Waals surface area contributed by atoms with Crippen LogP contribution in [0.3, 0.4) is 0 Å². The number of hydrogen-bond acceptors (Lipinski definition) is 4. The van der Waals surface area contributed by atoms with E-state index >= 15 is 0 Å². The van der Waals surface area contributed by atoms with Crippen LogP contribution in [0.5, 0.6) is 0 Å². The van der Waals surface area contributed by atoms with E-state index in [1.807, 2.05) is 13.1 Å². The number of rotatable bonds is 5. The van der Waals surface area contributed by atoms with Crippen LogP contribution in [0.4, 0.5) is 5.69 Å². The molecule has 1 N–H and O–H groups in total. The van der Waals surface area contributed by atoms with Gasteiger partial charge in [0.2, 0.25) is 0 Å². The third-order valence-electron chi connectivity index (χ3n) is 4.10. The summed E-state index contributed by atoms with van der Waals surface area (Å²) in [5.41, 5.74) is 2.30. The second-order valence-corrected chi connectivity index (χ2v) is 8.79. The standard InChI is InChI=1S/C15H23BrN2O2S/c1-4-17-11(2)14-9-12(16)5-6-15(14)18(3)13-7-8-21(19,20)10-13/h5-6,9,11,13,17H,4,7-8,10H2,1-3H3. The highest BCUT2D eigenvalue weighted by atomic mass is 79.9. The van der Waals surface area contributed by atoms with Gasteiger partial charge in [0.1, 0.15) is 0 Å². The van der Waals surface area contributed by atoms with Gasteiger partial charge < -0.3 is 10.2 Å². The van der Waals surface area contributed by atoms with Crippen LogP contribution in [0.15, 0.2) is 22.7 Å². The van der Waals surface area contributed by atoms with E-state index in [2.05, 4.69) is 52.1 Å². The predicted molar refractivity (Wildman–Crippen MR) is 91.7 cm³/mol. The molecule has 0 amide bonds. The van der Waals surface area contributed by atoms with Gasteiger partial charge in [-0.1, -0.05) is 22.9 Å². The van der Waals surface area contributed by atoms with Gasteiger partial charge in [-0.3, -0.25) is 0 Å². The lowest BCUT2D eigenvalue weighted by Crippen LogP contribution is -2.34.